The first-order chi connectivity index (χ1) is 14.6. The molecule has 0 aliphatic heterocycles. The third-order valence-electron chi connectivity index (χ3n) is 5.02. The summed E-state index contributed by atoms with van der Waals surface area (Å²) in [6, 6.07) is 13.6. The maximum Gasteiger partial charge on any atom is 0.232 e. The second kappa shape index (κ2) is 11.2. The number of aryl methyl sites for hydroxylation is 2. The summed E-state index contributed by atoms with van der Waals surface area (Å²) in [5, 5.41) is 2.84. The second-order valence-electron chi connectivity index (χ2n) is 8.12. The van der Waals surface area contributed by atoms with Crippen molar-refractivity contribution in [2.45, 2.75) is 46.5 Å². The molecule has 0 aliphatic rings. The number of para-hydroxylation sites is 1. The Morgan fingerprint density at radius 1 is 1.13 bits per heavy atom. The van der Waals surface area contributed by atoms with Gasteiger partial charge in [-0.1, -0.05) is 44.2 Å². The van der Waals surface area contributed by atoms with Crippen molar-refractivity contribution in [2.75, 3.05) is 30.3 Å². The molecule has 6 nitrogen and oxygen atoms in total. The van der Waals surface area contributed by atoms with E-state index < -0.39 is 10.0 Å². The fourth-order valence-electron chi connectivity index (χ4n) is 3.37. The normalized spacial score (nSPS) is 11.4. The van der Waals surface area contributed by atoms with Crippen molar-refractivity contribution in [1.29, 1.82) is 0 Å². The average molecular weight is 447 g/mol. The average Bonchev–Trinajstić information content (AvgIpc) is 2.70. The number of amides is 1. The first-order valence-corrected chi connectivity index (χ1v) is 12.5. The van der Waals surface area contributed by atoms with Crippen LogP contribution in [0.25, 0.3) is 0 Å². The monoisotopic (exact) mass is 446 g/mol. The highest BCUT2D eigenvalue weighted by molar-refractivity contribution is 7.92. The molecule has 31 heavy (non-hydrogen) atoms. The molecule has 7 heteroatoms. The van der Waals surface area contributed by atoms with Gasteiger partial charge in [-0.05, 0) is 55.0 Å². The van der Waals surface area contributed by atoms with E-state index in [2.05, 4.69) is 19.2 Å². The number of sulfonamides is 1. The third kappa shape index (κ3) is 7.58. The number of rotatable bonds is 11. The van der Waals surface area contributed by atoms with Gasteiger partial charge in [-0.3, -0.25) is 9.10 Å². The van der Waals surface area contributed by atoms with Gasteiger partial charge in [0.1, 0.15) is 12.4 Å². The van der Waals surface area contributed by atoms with Gasteiger partial charge < -0.3 is 10.1 Å². The summed E-state index contributed by atoms with van der Waals surface area (Å²) in [7, 11) is -3.44. The first-order valence-electron chi connectivity index (χ1n) is 10.6. The van der Waals surface area contributed by atoms with Crippen molar-refractivity contribution in [1.82, 2.24) is 5.32 Å². The zero-order valence-corrected chi connectivity index (χ0v) is 20.0. The van der Waals surface area contributed by atoms with Crippen LogP contribution in [0, 0.1) is 13.8 Å². The lowest BCUT2D eigenvalue weighted by Gasteiger charge is -2.24. The molecular formula is C24H34N2O4S. The number of hydrogen-bond donors (Lipinski definition) is 1. The van der Waals surface area contributed by atoms with Gasteiger partial charge >= 0.3 is 0 Å². The summed E-state index contributed by atoms with van der Waals surface area (Å²) >= 11 is 0. The van der Waals surface area contributed by atoms with Crippen LogP contribution in [0.4, 0.5) is 5.69 Å². The topological polar surface area (TPSA) is 75.7 Å². The molecule has 0 fully saturated rings. The van der Waals surface area contributed by atoms with E-state index >= 15 is 0 Å². The molecule has 0 saturated carbocycles. The minimum absolute atomic E-state index is 0.116. The van der Waals surface area contributed by atoms with Crippen LogP contribution >= 0.6 is 0 Å². The standard InChI is InChI=1S/C24H34N2O4S/c1-18(2)21-9-6-7-10-23(21)30-16-14-25-24(27)11-8-15-26(31(5,28)29)22-17-19(3)12-13-20(22)4/h6-7,9-10,12-13,17-18H,8,11,14-16H2,1-5H3,(H,25,27). The Balaban J connectivity index is 1.82. The lowest BCUT2D eigenvalue weighted by atomic mass is 10.0. The van der Waals surface area contributed by atoms with Crippen molar-refractivity contribution in [3.63, 3.8) is 0 Å². The first kappa shape index (κ1) is 24.7. The van der Waals surface area contributed by atoms with Crippen molar-refractivity contribution >= 4 is 21.6 Å². The van der Waals surface area contributed by atoms with Gasteiger partial charge in [0.05, 0.1) is 18.5 Å². The summed E-state index contributed by atoms with van der Waals surface area (Å²) in [6.07, 6.45) is 1.88. The maximum absolute atomic E-state index is 12.3. The number of anilines is 1. The molecule has 0 heterocycles. The van der Waals surface area contributed by atoms with Gasteiger partial charge in [-0.2, -0.15) is 0 Å². The number of ether oxygens (including phenoxy) is 1. The summed E-state index contributed by atoms with van der Waals surface area (Å²) in [6.45, 7) is 9.08. The SMILES string of the molecule is Cc1ccc(C)c(N(CCCC(=O)NCCOc2ccccc2C(C)C)S(C)(=O)=O)c1. The minimum Gasteiger partial charge on any atom is -0.491 e. The van der Waals surface area contributed by atoms with Crippen molar-refractivity contribution in [3.05, 3.63) is 59.2 Å². The maximum atomic E-state index is 12.3. The lowest BCUT2D eigenvalue weighted by Crippen LogP contribution is -2.33. The van der Waals surface area contributed by atoms with Crippen LogP contribution in [0.5, 0.6) is 5.75 Å². The van der Waals surface area contributed by atoms with E-state index in [9.17, 15) is 13.2 Å². The number of nitrogens with one attached hydrogen (secondary N) is 1. The number of hydrogen-bond acceptors (Lipinski definition) is 4. The summed E-state index contributed by atoms with van der Waals surface area (Å²) in [4.78, 5) is 12.2. The predicted molar refractivity (Wildman–Crippen MR) is 126 cm³/mol. The third-order valence-corrected chi connectivity index (χ3v) is 6.20. The van der Waals surface area contributed by atoms with Crippen LogP contribution in [0.15, 0.2) is 42.5 Å². The van der Waals surface area contributed by atoms with Crippen LogP contribution in [-0.4, -0.2) is 40.3 Å². The molecule has 0 spiro atoms. The smallest absolute Gasteiger partial charge is 0.232 e. The Kier molecular flexibility index (Phi) is 8.92. The minimum atomic E-state index is -3.44. The molecule has 1 amide bonds. The molecule has 2 aromatic rings. The van der Waals surface area contributed by atoms with E-state index in [4.69, 9.17) is 4.74 Å². The van der Waals surface area contributed by atoms with Gasteiger partial charge in [0.25, 0.3) is 0 Å². The van der Waals surface area contributed by atoms with Crippen LogP contribution < -0.4 is 14.4 Å². The molecule has 0 unspecified atom stereocenters. The second-order valence-corrected chi connectivity index (χ2v) is 10.0. The van der Waals surface area contributed by atoms with Gasteiger partial charge in [0.15, 0.2) is 0 Å². The lowest BCUT2D eigenvalue weighted by molar-refractivity contribution is -0.121. The van der Waals surface area contributed by atoms with Crippen LogP contribution in [-0.2, 0) is 14.8 Å². The Labute approximate surface area is 186 Å². The molecule has 0 bridgehead atoms. The molecule has 0 radical (unpaired) electrons. The van der Waals surface area contributed by atoms with Crippen molar-refractivity contribution in [3.8, 4) is 5.75 Å². The van der Waals surface area contributed by atoms with Crippen LogP contribution in [0.1, 0.15) is 49.3 Å². The summed E-state index contributed by atoms with van der Waals surface area (Å²) in [5.41, 5.74) is 3.69. The molecule has 0 saturated heterocycles. The highest BCUT2D eigenvalue weighted by Gasteiger charge is 2.19. The quantitative estimate of drug-likeness (QED) is 0.526. The van der Waals surface area contributed by atoms with Crippen LogP contribution in [0.2, 0.25) is 0 Å². The molecule has 1 N–H and O–H groups in total. The molecule has 0 aliphatic carbocycles. The predicted octanol–water partition coefficient (Wildman–Crippen LogP) is 4.17. The fraction of sp³-hybridized carbons (Fsp3) is 0.458. The van der Waals surface area contributed by atoms with Crippen LogP contribution in [0.3, 0.4) is 0 Å². The zero-order chi connectivity index (χ0) is 23.0. The Hall–Kier alpha value is -2.54. The fourth-order valence-corrected chi connectivity index (χ4v) is 4.38. The van der Waals surface area contributed by atoms with Gasteiger partial charge in [0.2, 0.25) is 15.9 Å². The molecule has 170 valence electrons. The van der Waals surface area contributed by atoms with E-state index in [0.717, 1.165) is 22.4 Å². The highest BCUT2D eigenvalue weighted by atomic mass is 32.2. The van der Waals surface area contributed by atoms with Gasteiger partial charge in [-0.25, -0.2) is 8.42 Å². The number of carbonyl (C=O) groups is 1. The number of nitrogens with zero attached hydrogens (tertiary/aromatic N) is 1. The Bertz CT molecular complexity index is 987. The van der Waals surface area contributed by atoms with E-state index in [1.807, 2.05) is 56.3 Å². The summed E-state index contributed by atoms with van der Waals surface area (Å²) in [5.74, 6) is 1.08. The molecule has 2 aromatic carbocycles. The largest absolute Gasteiger partial charge is 0.491 e. The summed E-state index contributed by atoms with van der Waals surface area (Å²) < 4.78 is 31.8. The number of benzene rings is 2. The van der Waals surface area contributed by atoms with Crippen molar-refractivity contribution in [2.24, 2.45) is 0 Å². The van der Waals surface area contributed by atoms with Gasteiger partial charge in [-0.15, -0.1) is 0 Å². The Morgan fingerprint density at radius 2 is 1.84 bits per heavy atom. The molecular weight excluding hydrogens is 412 g/mol. The van der Waals surface area contributed by atoms with Gasteiger partial charge in [0, 0.05) is 13.0 Å². The number of carbonyl (C=O) groups excluding carboxylic acids is 1. The highest BCUT2D eigenvalue weighted by Crippen LogP contribution is 2.26. The van der Waals surface area contributed by atoms with Crippen molar-refractivity contribution < 1.29 is 17.9 Å². The molecule has 0 aromatic heterocycles. The molecule has 0 atom stereocenters. The van der Waals surface area contributed by atoms with E-state index in [0.29, 0.717) is 31.2 Å². The van der Waals surface area contributed by atoms with E-state index in [1.54, 1.807) is 0 Å². The van der Waals surface area contributed by atoms with E-state index in [-0.39, 0.29) is 18.9 Å². The molecule has 2 rings (SSSR count). The Morgan fingerprint density at radius 3 is 2.52 bits per heavy atom. The zero-order valence-electron chi connectivity index (χ0n) is 19.1. The van der Waals surface area contributed by atoms with E-state index in [1.165, 1.54) is 10.6 Å².